The standard InChI is InChI=1S/C24H35N11O2/c1-16(2)15-35-21-18(28-23(35)33-5-7-34(8-6-33)24(36)31(3)4)20(32-9-11-37-12-10-32)29-19(30-21)17-13-26-22(25)27-14-17/h13-14,16H,5-12,15H2,1-4H3,(H2,25,26,27). The van der Waals surface area contributed by atoms with Crippen molar-refractivity contribution in [3.8, 4) is 11.4 Å². The van der Waals surface area contributed by atoms with Crippen molar-refractivity contribution in [2.24, 2.45) is 5.92 Å². The van der Waals surface area contributed by atoms with E-state index in [4.69, 9.17) is 25.4 Å². The van der Waals surface area contributed by atoms with Crippen molar-refractivity contribution in [1.29, 1.82) is 0 Å². The molecule has 0 radical (unpaired) electrons. The number of fused-ring (bicyclic) bond motifs is 1. The molecule has 0 spiro atoms. The summed E-state index contributed by atoms with van der Waals surface area (Å²) in [6.07, 6.45) is 3.30. The van der Waals surface area contributed by atoms with E-state index < -0.39 is 0 Å². The number of hydrogen-bond donors (Lipinski definition) is 1. The second-order valence-electron chi connectivity index (χ2n) is 10.0. The Morgan fingerprint density at radius 2 is 1.68 bits per heavy atom. The lowest BCUT2D eigenvalue weighted by Crippen LogP contribution is -2.52. The van der Waals surface area contributed by atoms with Gasteiger partial charge in [0.15, 0.2) is 22.8 Å². The van der Waals surface area contributed by atoms with Gasteiger partial charge in [0.25, 0.3) is 0 Å². The van der Waals surface area contributed by atoms with Gasteiger partial charge in [0.05, 0.1) is 18.8 Å². The van der Waals surface area contributed by atoms with Crippen LogP contribution in [0.3, 0.4) is 0 Å². The maximum Gasteiger partial charge on any atom is 0.319 e. The minimum absolute atomic E-state index is 0.0335. The van der Waals surface area contributed by atoms with Crippen LogP contribution in [-0.2, 0) is 11.3 Å². The van der Waals surface area contributed by atoms with E-state index in [0.717, 1.165) is 42.6 Å². The molecule has 2 aliphatic rings. The maximum absolute atomic E-state index is 12.5. The van der Waals surface area contributed by atoms with E-state index >= 15 is 0 Å². The van der Waals surface area contributed by atoms with E-state index in [1.807, 2.05) is 4.90 Å². The molecule has 2 amide bonds. The van der Waals surface area contributed by atoms with Crippen molar-refractivity contribution >= 4 is 34.9 Å². The number of amides is 2. The number of nitrogens with zero attached hydrogens (tertiary/aromatic N) is 10. The molecule has 0 aromatic carbocycles. The number of ether oxygens (including phenoxy) is 1. The number of rotatable bonds is 5. The number of hydrogen-bond acceptors (Lipinski definition) is 10. The average Bonchev–Trinajstić information content (AvgIpc) is 3.26. The monoisotopic (exact) mass is 509 g/mol. The predicted octanol–water partition coefficient (Wildman–Crippen LogP) is 1.16. The van der Waals surface area contributed by atoms with E-state index in [1.165, 1.54) is 0 Å². The normalized spacial score (nSPS) is 16.6. The van der Waals surface area contributed by atoms with Crippen LogP contribution in [0.2, 0.25) is 0 Å². The maximum atomic E-state index is 12.5. The summed E-state index contributed by atoms with van der Waals surface area (Å²) in [5.41, 5.74) is 7.96. The van der Waals surface area contributed by atoms with Crippen LogP contribution in [0.25, 0.3) is 22.6 Å². The number of anilines is 3. The zero-order chi connectivity index (χ0) is 26.1. The Morgan fingerprint density at radius 1 is 1.00 bits per heavy atom. The number of carbonyl (C=O) groups is 1. The molecule has 0 atom stereocenters. The molecule has 13 heteroatoms. The number of imidazole rings is 1. The fraction of sp³-hybridized carbons (Fsp3) is 0.583. The molecule has 0 aliphatic carbocycles. The number of piperazine rings is 1. The van der Waals surface area contributed by atoms with Gasteiger partial charge in [-0.15, -0.1) is 0 Å². The third-order valence-corrected chi connectivity index (χ3v) is 6.56. The zero-order valence-electron chi connectivity index (χ0n) is 22.0. The Balaban J connectivity index is 1.60. The number of nitrogen functional groups attached to an aromatic ring is 1. The number of nitrogens with two attached hydrogens (primary N) is 1. The van der Waals surface area contributed by atoms with E-state index in [1.54, 1.807) is 31.4 Å². The Hall–Kier alpha value is -3.74. The van der Waals surface area contributed by atoms with Gasteiger partial charge in [0, 0.05) is 72.3 Å². The van der Waals surface area contributed by atoms with Gasteiger partial charge in [0.1, 0.15) is 0 Å². The SMILES string of the molecule is CC(C)Cn1c(N2CCN(C(=O)N(C)C)CC2)nc2c(N3CCOCC3)nc(-c3cnc(N)nc3)nc21. The van der Waals surface area contributed by atoms with Crippen LogP contribution < -0.4 is 15.5 Å². The first-order valence-electron chi connectivity index (χ1n) is 12.7. The summed E-state index contributed by atoms with van der Waals surface area (Å²) in [6.45, 7) is 10.5. The second kappa shape index (κ2) is 10.3. The number of aromatic nitrogens is 6. The molecular weight excluding hydrogens is 474 g/mol. The van der Waals surface area contributed by atoms with Crippen LogP contribution in [-0.4, -0.2) is 112 Å². The molecule has 2 N–H and O–H groups in total. The highest BCUT2D eigenvalue weighted by molar-refractivity contribution is 5.88. The van der Waals surface area contributed by atoms with Crippen molar-refractivity contribution in [2.45, 2.75) is 20.4 Å². The molecule has 0 saturated carbocycles. The molecule has 0 unspecified atom stereocenters. The van der Waals surface area contributed by atoms with Gasteiger partial charge in [0.2, 0.25) is 11.9 Å². The van der Waals surface area contributed by atoms with Gasteiger partial charge in [-0.3, -0.25) is 4.57 Å². The molecular formula is C24H35N11O2. The largest absolute Gasteiger partial charge is 0.378 e. The molecule has 3 aromatic rings. The molecule has 2 fully saturated rings. The fourth-order valence-electron chi connectivity index (χ4n) is 4.71. The summed E-state index contributed by atoms with van der Waals surface area (Å²) in [5, 5.41) is 0. The summed E-state index contributed by atoms with van der Waals surface area (Å²) in [5.74, 6) is 2.75. The summed E-state index contributed by atoms with van der Waals surface area (Å²) in [4.78, 5) is 43.8. The third kappa shape index (κ3) is 5.08. The smallest absolute Gasteiger partial charge is 0.319 e. The first-order chi connectivity index (χ1) is 17.8. The van der Waals surface area contributed by atoms with E-state index in [-0.39, 0.29) is 12.0 Å². The molecule has 2 aliphatic heterocycles. The number of urea groups is 1. The molecule has 13 nitrogen and oxygen atoms in total. The first-order valence-corrected chi connectivity index (χ1v) is 12.7. The predicted molar refractivity (Wildman–Crippen MR) is 142 cm³/mol. The van der Waals surface area contributed by atoms with Crippen molar-refractivity contribution in [3.05, 3.63) is 12.4 Å². The lowest BCUT2D eigenvalue weighted by molar-refractivity contribution is 0.122. The molecule has 5 heterocycles. The van der Waals surface area contributed by atoms with Crippen LogP contribution in [0.5, 0.6) is 0 Å². The van der Waals surface area contributed by atoms with Gasteiger partial charge in [-0.25, -0.2) is 29.7 Å². The minimum atomic E-state index is 0.0335. The lowest BCUT2D eigenvalue weighted by atomic mass is 10.2. The molecule has 3 aromatic heterocycles. The Labute approximate surface area is 216 Å². The summed E-state index contributed by atoms with van der Waals surface area (Å²) in [6, 6.07) is 0.0335. The van der Waals surface area contributed by atoms with Crippen LogP contribution in [0.4, 0.5) is 22.5 Å². The Morgan fingerprint density at radius 3 is 2.30 bits per heavy atom. The van der Waals surface area contributed by atoms with E-state index in [0.29, 0.717) is 56.7 Å². The summed E-state index contributed by atoms with van der Waals surface area (Å²) in [7, 11) is 3.57. The Bertz CT molecular complexity index is 1240. The summed E-state index contributed by atoms with van der Waals surface area (Å²) >= 11 is 0. The molecule has 0 bridgehead atoms. The van der Waals surface area contributed by atoms with Crippen LogP contribution in [0.15, 0.2) is 12.4 Å². The molecule has 2 saturated heterocycles. The van der Waals surface area contributed by atoms with Gasteiger partial charge in [-0.2, -0.15) is 0 Å². The highest BCUT2D eigenvalue weighted by atomic mass is 16.5. The third-order valence-electron chi connectivity index (χ3n) is 6.56. The first kappa shape index (κ1) is 24.9. The second-order valence-corrected chi connectivity index (χ2v) is 10.0. The van der Waals surface area contributed by atoms with Crippen LogP contribution >= 0.6 is 0 Å². The van der Waals surface area contributed by atoms with Crippen molar-refractivity contribution in [3.63, 3.8) is 0 Å². The highest BCUT2D eigenvalue weighted by Gasteiger charge is 2.29. The van der Waals surface area contributed by atoms with Crippen molar-refractivity contribution in [2.75, 3.05) is 82.1 Å². The van der Waals surface area contributed by atoms with Gasteiger partial charge >= 0.3 is 6.03 Å². The average molecular weight is 510 g/mol. The minimum Gasteiger partial charge on any atom is -0.378 e. The number of carbonyl (C=O) groups excluding carboxylic acids is 1. The highest BCUT2D eigenvalue weighted by Crippen LogP contribution is 2.32. The fourth-order valence-corrected chi connectivity index (χ4v) is 4.71. The molecule has 37 heavy (non-hydrogen) atoms. The van der Waals surface area contributed by atoms with Gasteiger partial charge in [-0.1, -0.05) is 13.8 Å². The Kier molecular flexibility index (Phi) is 6.96. The molecule has 198 valence electrons. The quantitative estimate of drug-likeness (QED) is 0.534. The van der Waals surface area contributed by atoms with Crippen molar-refractivity contribution < 1.29 is 9.53 Å². The van der Waals surface area contributed by atoms with Crippen molar-refractivity contribution in [1.82, 2.24) is 39.3 Å². The molecule has 5 rings (SSSR count). The zero-order valence-corrected chi connectivity index (χ0v) is 22.0. The number of morpholine rings is 1. The van der Waals surface area contributed by atoms with Crippen LogP contribution in [0, 0.1) is 5.92 Å². The van der Waals surface area contributed by atoms with Gasteiger partial charge in [-0.05, 0) is 5.92 Å². The van der Waals surface area contributed by atoms with Crippen LogP contribution in [0.1, 0.15) is 13.8 Å². The van der Waals surface area contributed by atoms with E-state index in [9.17, 15) is 4.79 Å². The lowest BCUT2D eigenvalue weighted by Gasteiger charge is -2.36. The summed E-state index contributed by atoms with van der Waals surface area (Å²) < 4.78 is 7.79. The topological polar surface area (TPSA) is 135 Å². The van der Waals surface area contributed by atoms with E-state index in [2.05, 4.69) is 38.2 Å². The van der Waals surface area contributed by atoms with Gasteiger partial charge < -0.3 is 30.1 Å².